The molecule has 0 aliphatic heterocycles. The Labute approximate surface area is 170 Å². The molecule has 6 rings (SSSR count). The molecule has 0 aromatic carbocycles. The van der Waals surface area contributed by atoms with Crippen molar-refractivity contribution in [3.8, 4) is 0 Å². The van der Waals surface area contributed by atoms with E-state index in [0.717, 1.165) is 24.3 Å². The van der Waals surface area contributed by atoms with E-state index in [2.05, 4.69) is 20.8 Å². The summed E-state index contributed by atoms with van der Waals surface area (Å²) in [6.45, 7) is 3.97. The third-order valence-corrected chi connectivity index (χ3v) is 8.35. The van der Waals surface area contributed by atoms with Crippen LogP contribution in [0, 0.1) is 29.1 Å². The van der Waals surface area contributed by atoms with Crippen molar-refractivity contribution in [2.45, 2.75) is 77.2 Å². The van der Waals surface area contributed by atoms with E-state index in [1.54, 1.807) is 0 Å². The van der Waals surface area contributed by atoms with Gasteiger partial charge in [-0.1, -0.05) is 25.2 Å². The predicted molar refractivity (Wildman–Crippen MR) is 108 cm³/mol. The molecule has 1 heterocycles. The molecule has 4 bridgehead atoms. The summed E-state index contributed by atoms with van der Waals surface area (Å²) in [7, 11) is 0. The van der Waals surface area contributed by atoms with Gasteiger partial charge in [0.15, 0.2) is 0 Å². The van der Waals surface area contributed by atoms with Crippen LogP contribution in [0.25, 0.3) is 0 Å². The number of anilines is 1. The molecule has 0 saturated heterocycles. The average molecular weight is 403 g/mol. The normalized spacial score (nSPS) is 34.5. The number of rotatable bonds is 6. The molecule has 5 fully saturated rings. The summed E-state index contributed by atoms with van der Waals surface area (Å²) in [6.07, 6.45) is 9.29. The maximum atomic E-state index is 13.4. The first-order valence-electron chi connectivity index (χ1n) is 10.9. The van der Waals surface area contributed by atoms with Crippen LogP contribution < -0.4 is 10.6 Å². The van der Waals surface area contributed by atoms with Gasteiger partial charge in [-0.25, -0.2) is 0 Å². The van der Waals surface area contributed by atoms with Crippen LogP contribution >= 0.6 is 11.3 Å². The summed E-state index contributed by atoms with van der Waals surface area (Å²) < 4.78 is 0. The first-order chi connectivity index (χ1) is 13.4. The largest absolute Gasteiger partial charge is 0.344 e. The van der Waals surface area contributed by atoms with E-state index in [1.807, 2.05) is 13.8 Å². The van der Waals surface area contributed by atoms with Gasteiger partial charge in [0.1, 0.15) is 11.0 Å². The summed E-state index contributed by atoms with van der Waals surface area (Å²) in [4.78, 5) is 26.3. The van der Waals surface area contributed by atoms with Gasteiger partial charge in [-0.15, -0.1) is 10.2 Å². The van der Waals surface area contributed by atoms with Gasteiger partial charge in [0.2, 0.25) is 16.9 Å². The van der Waals surface area contributed by atoms with Crippen LogP contribution in [0.15, 0.2) is 0 Å². The van der Waals surface area contributed by atoms with Gasteiger partial charge < -0.3 is 5.32 Å². The molecule has 1 atom stereocenters. The van der Waals surface area contributed by atoms with Gasteiger partial charge in [0.25, 0.3) is 0 Å². The fourth-order valence-electron chi connectivity index (χ4n) is 6.18. The molecule has 6 nitrogen and oxygen atoms in total. The van der Waals surface area contributed by atoms with Crippen molar-refractivity contribution in [1.82, 2.24) is 15.5 Å². The second-order valence-corrected chi connectivity index (χ2v) is 11.1. The maximum Gasteiger partial charge on any atom is 0.249 e. The van der Waals surface area contributed by atoms with Crippen LogP contribution in [0.1, 0.15) is 76.1 Å². The first kappa shape index (κ1) is 18.5. The van der Waals surface area contributed by atoms with Crippen LogP contribution in [-0.4, -0.2) is 28.1 Å². The highest BCUT2D eigenvalue weighted by molar-refractivity contribution is 7.15. The number of hydrogen-bond acceptors (Lipinski definition) is 5. The van der Waals surface area contributed by atoms with Crippen molar-refractivity contribution < 1.29 is 9.59 Å². The molecule has 5 aliphatic carbocycles. The van der Waals surface area contributed by atoms with Crippen molar-refractivity contribution >= 4 is 28.3 Å². The van der Waals surface area contributed by atoms with Crippen LogP contribution in [-0.2, 0) is 9.59 Å². The third-order valence-electron chi connectivity index (χ3n) is 7.35. The van der Waals surface area contributed by atoms with Crippen LogP contribution in [0.4, 0.5) is 5.13 Å². The standard InChI is InChI=1S/C21H30N4O2S/c1-11(2)16(17(26)23-20-25-24-18(28-20)15-3-4-15)22-19(27)21-8-12-5-13(9-21)7-14(6-12)10-21/h11-16H,3-10H2,1-2H3,(H,22,27)(H,23,25,26). The minimum atomic E-state index is -0.534. The topological polar surface area (TPSA) is 84.0 Å². The minimum absolute atomic E-state index is 0.0219. The highest BCUT2D eigenvalue weighted by atomic mass is 32.1. The molecule has 1 aromatic rings. The van der Waals surface area contributed by atoms with Crippen molar-refractivity contribution in [2.24, 2.45) is 29.1 Å². The lowest BCUT2D eigenvalue weighted by molar-refractivity contribution is -0.148. The Bertz CT molecular complexity index is 750. The zero-order valence-corrected chi connectivity index (χ0v) is 17.6. The molecule has 28 heavy (non-hydrogen) atoms. The van der Waals surface area contributed by atoms with Gasteiger partial charge in [-0.2, -0.15) is 0 Å². The first-order valence-corrected chi connectivity index (χ1v) is 11.7. The van der Waals surface area contributed by atoms with Crippen LogP contribution in [0.5, 0.6) is 0 Å². The summed E-state index contributed by atoms with van der Waals surface area (Å²) >= 11 is 1.46. The number of hydrogen-bond donors (Lipinski definition) is 2. The Kier molecular flexibility index (Phi) is 4.49. The molecule has 2 N–H and O–H groups in total. The fourth-order valence-corrected chi connectivity index (χ4v) is 7.10. The van der Waals surface area contributed by atoms with Crippen LogP contribution in [0.3, 0.4) is 0 Å². The lowest BCUT2D eigenvalue weighted by Gasteiger charge is -2.55. The minimum Gasteiger partial charge on any atom is -0.344 e. The number of amides is 2. The Balaban J connectivity index is 1.27. The molecule has 152 valence electrons. The second-order valence-electron chi connectivity index (χ2n) is 10.1. The average Bonchev–Trinajstić information content (AvgIpc) is 3.37. The van der Waals surface area contributed by atoms with E-state index in [-0.39, 0.29) is 23.1 Å². The smallest absolute Gasteiger partial charge is 0.249 e. The summed E-state index contributed by atoms with van der Waals surface area (Å²) in [5, 5.41) is 15.9. The SMILES string of the molecule is CC(C)C(NC(=O)C12CC3CC(CC(C3)C1)C2)C(=O)Nc1nnc(C2CC2)s1. The van der Waals surface area contributed by atoms with Crippen molar-refractivity contribution in [1.29, 1.82) is 0 Å². The highest BCUT2D eigenvalue weighted by Gasteiger charge is 2.55. The summed E-state index contributed by atoms with van der Waals surface area (Å²) in [5.41, 5.74) is -0.232. The molecule has 1 unspecified atom stereocenters. The van der Waals surface area contributed by atoms with E-state index in [4.69, 9.17) is 0 Å². The second kappa shape index (κ2) is 6.78. The number of carbonyl (C=O) groups is 2. The zero-order chi connectivity index (χ0) is 19.5. The number of nitrogens with one attached hydrogen (secondary N) is 2. The van der Waals surface area contributed by atoms with Crippen molar-refractivity contribution in [2.75, 3.05) is 5.32 Å². The Morgan fingerprint density at radius 1 is 1.04 bits per heavy atom. The molecular formula is C21H30N4O2S. The van der Waals surface area contributed by atoms with E-state index in [0.29, 0.717) is 28.8 Å². The number of aromatic nitrogens is 2. The van der Waals surface area contributed by atoms with E-state index in [9.17, 15) is 9.59 Å². The molecule has 7 heteroatoms. The quantitative estimate of drug-likeness (QED) is 0.760. The predicted octanol–water partition coefficient (Wildman–Crippen LogP) is 3.71. The monoisotopic (exact) mass is 402 g/mol. The van der Waals surface area contributed by atoms with Gasteiger partial charge in [-0.05, 0) is 75.0 Å². The number of carbonyl (C=O) groups excluding carboxylic acids is 2. The Morgan fingerprint density at radius 2 is 1.64 bits per heavy atom. The lowest BCUT2D eigenvalue weighted by Crippen LogP contribution is -2.57. The maximum absolute atomic E-state index is 13.4. The van der Waals surface area contributed by atoms with Gasteiger partial charge in [0, 0.05) is 11.3 Å². The number of nitrogens with zero attached hydrogens (tertiary/aromatic N) is 2. The van der Waals surface area contributed by atoms with E-state index in [1.165, 1.54) is 43.4 Å². The van der Waals surface area contributed by atoms with Crippen molar-refractivity contribution in [3.05, 3.63) is 5.01 Å². The third kappa shape index (κ3) is 3.36. The molecule has 0 spiro atoms. The van der Waals surface area contributed by atoms with Gasteiger partial charge in [0.05, 0.1) is 0 Å². The van der Waals surface area contributed by atoms with Gasteiger partial charge >= 0.3 is 0 Å². The Hall–Kier alpha value is -1.50. The Morgan fingerprint density at radius 3 is 2.18 bits per heavy atom. The van der Waals surface area contributed by atoms with Crippen LogP contribution in [0.2, 0.25) is 0 Å². The molecule has 1 aromatic heterocycles. The molecule has 5 saturated carbocycles. The summed E-state index contributed by atoms with van der Waals surface area (Å²) in [6, 6.07) is -0.534. The lowest BCUT2D eigenvalue weighted by atomic mass is 9.49. The molecular weight excluding hydrogens is 372 g/mol. The molecule has 5 aliphatic rings. The van der Waals surface area contributed by atoms with E-state index >= 15 is 0 Å². The highest BCUT2D eigenvalue weighted by Crippen LogP contribution is 2.60. The van der Waals surface area contributed by atoms with Gasteiger partial charge in [-0.3, -0.25) is 14.9 Å². The van der Waals surface area contributed by atoms with E-state index < -0.39 is 6.04 Å². The fraction of sp³-hybridized carbons (Fsp3) is 0.810. The molecule has 0 radical (unpaired) electrons. The zero-order valence-electron chi connectivity index (χ0n) is 16.7. The van der Waals surface area contributed by atoms with Crippen molar-refractivity contribution in [3.63, 3.8) is 0 Å². The summed E-state index contributed by atoms with van der Waals surface area (Å²) in [5.74, 6) is 2.62. The molecule has 2 amide bonds.